The molecule has 1 aromatic rings. The molecule has 0 aromatic heterocycles. The lowest BCUT2D eigenvalue weighted by Gasteiger charge is -2.34. The van der Waals surface area contributed by atoms with Crippen molar-refractivity contribution in [3.8, 4) is 0 Å². The zero-order chi connectivity index (χ0) is 20.8. The van der Waals surface area contributed by atoms with Crippen LogP contribution in [0.5, 0.6) is 0 Å². The summed E-state index contributed by atoms with van der Waals surface area (Å²) in [6.45, 7) is 10.3. The van der Waals surface area contributed by atoms with Gasteiger partial charge in [-0.15, -0.1) is 0 Å². The van der Waals surface area contributed by atoms with E-state index in [4.69, 9.17) is 4.74 Å². The Morgan fingerprint density at radius 2 is 2.10 bits per heavy atom. The summed E-state index contributed by atoms with van der Waals surface area (Å²) in [5, 5.41) is 6.77. The van der Waals surface area contributed by atoms with Gasteiger partial charge in [0, 0.05) is 58.4 Å². The number of nitrogens with one attached hydrogen (secondary N) is 2. The molecule has 2 fully saturated rings. The van der Waals surface area contributed by atoms with Gasteiger partial charge in [0.15, 0.2) is 5.96 Å². The third-order valence-electron chi connectivity index (χ3n) is 5.35. The van der Waals surface area contributed by atoms with Crippen LogP contribution in [0.25, 0.3) is 0 Å². The summed E-state index contributed by atoms with van der Waals surface area (Å²) in [6.07, 6.45) is 0.994. The first-order valence-corrected chi connectivity index (χ1v) is 10.5. The van der Waals surface area contributed by atoms with Gasteiger partial charge in [0.05, 0.1) is 18.4 Å². The lowest BCUT2D eigenvalue weighted by molar-refractivity contribution is -0.0284. The van der Waals surface area contributed by atoms with Crippen LogP contribution in [0, 0.1) is 17.6 Å². The molecule has 2 aliphatic rings. The summed E-state index contributed by atoms with van der Waals surface area (Å²) < 4.78 is 33.1. The van der Waals surface area contributed by atoms with Gasteiger partial charge in [0.2, 0.25) is 0 Å². The maximum atomic E-state index is 14.0. The first kappa shape index (κ1) is 21.8. The second-order valence-electron chi connectivity index (χ2n) is 8.27. The van der Waals surface area contributed by atoms with Gasteiger partial charge >= 0.3 is 0 Å². The average Bonchev–Trinajstić information content (AvgIpc) is 3.13. The van der Waals surface area contributed by atoms with E-state index in [1.807, 2.05) is 4.90 Å². The van der Waals surface area contributed by atoms with Gasteiger partial charge < -0.3 is 20.3 Å². The maximum absolute atomic E-state index is 14.0. The predicted octanol–water partition coefficient (Wildman–Crippen LogP) is 2.07. The van der Waals surface area contributed by atoms with Crippen LogP contribution >= 0.6 is 0 Å². The van der Waals surface area contributed by atoms with Crippen molar-refractivity contribution in [1.29, 1.82) is 0 Å². The zero-order valence-corrected chi connectivity index (χ0v) is 17.6. The van der Waals surface area contributed by atoms with E-state index in [1.165, 1.54) is 12.1 Å². The predicted molar refractivity (Wildman–Crippen MR) is 112 cm³/mol. The van der Waals surface area contributed by atoms with Crippen molar-refractivity contribution in [2.75, 3.05) is 57.8 Å². The highest BCUT2D eigenvalue weighted by Gasteiger charge is 2.26. The summed E-state index contributed by atoms with van der Waals surface area (Å²) in [5.41, 5.74) is 0.444. The molecular weight excluding hydrogens is 376 g/mol. The Hall–Kier alpha value is -1.93. The highest BCUT2D eigenvalue weighted by Crippen LogP contribution is 2.24. The molecule has 2 atom stereocenters. The normalized spacial score (nSPS) is 23.7. The van der Waals surface area contributed by atoms with E-state index in [9.17, 15) is 8.78 Å². The number of ether oxygens (including phenoxy) is 1. The van der Waals surface area contributed by atoms with Gasteiger partial charge in [-0.3, -0.25) is 9.89 Å². The Morgan fingerprint density at radius 1 is 1.28 bits per heavy atom. The van der Waals surface area contributed by atoms with Gasteiger partial charge in [-0.05, 0) is 24.5 Å². The zero-order valence-electron chi connectivity index (χ0n) is 17.6. The number of aliphatic imine (C=N–C) groups is 1. The Labute approximate surface area is 172 Å². The highest BCUT2D eigenvalue weighted by atomic mass is 19.1. The van der Waals surface area contributed by atoms with E-state index < -0.39 is 11.6 Å². The molecule has 0 bridgehead atoms. The van der Waals surface area contributed by atoms with Crippen LogP contribution in [0.3, 0.4) is 0 Å². The molecule has 2 aliphatic heterocycles. The fraction of sp³-hybridized carbons (Fsp3) is 0.667. The van der Waals surface area contributed by atoms with Crippen molar-refractivity contribution in [3.63, 3.8) is 0 Å². The molecule has 6 nitrogen and oxygen atoms in total. The van der Waals surface area contributed by atoms with E-state index in [2.05, 4.69) is 34.4 Å². The number of guanidine groups is 1. The largest absolute Gasteiger partial charge is 0.374 e. The molecule has 162 valence electrons. The minimum Gasteiger partial charge on any atom is -0.374 e. The summed E-state index contributed by atoms with van der Waals surface area (Å²) >= 11 is 0. The SMILES string of the molecule is CN=C(NCC1CN(CC(C)C)CCO1)NC1CCN(c2ccc(F)cc2F)C1. The summed E-state index contributed by atoms with van der Waals surface area (Å²) in [6, 6.07) is 3.88. The molecule has 2 unspecified atom stereocenters. The summed E-state index contributed by atoms with van der Waals surface area (Å²) in [5.74, 6) is 0.295. The van der Waals surface area contributed by atoms with Crippen LogP contribution in [0.15, 0.2) is 23.2 Å². The molecule has 0 aliphatic carbocycles. The first-order valence-electron chi connectivity index (χ1n) is 10.5. The highest BCUT2D eigenvalue weighted by molar-refractivity contribution is 5.80. The second-order valence-corrected chi connectivity index (χ2v) is 8.27. The van der Waals surface area contributed by atoms with Crippen molar-refractivity contribution in [1.82, 2.24) is 15.5 Å². The Kier molecular flexibility index (Phi) is 7.66. The van der Waals surface area contributed by atoms with Crippen molar-refractivity contribution >= 4 is 11.6 Å². The van der Waals surface area contributed by atoms with Crippen molar-refractivity contribution in [2.45, 2.75) is 32.4 Å². The van der Waals surface area contributed by atoms with Crippen molar-refractivity contribution in [3.05, 3.63) is 29.8 Å². The van der Waals surface area contributed by atoms with Crippen LogP contribution in [0.2, 0.25) is 0 Å². The lowest BCUT2D eigenvalue weighted by Crippen LogP contribution is -2.51. The molecular formula is C21H33F2N5O. The van der Waals surface area contributed by atoms with Gasteiger partial charge in [0.25, 0.3) is 0 Å². The number of hydrogen-bond donors (Lipinski definition) is 2. The molecule has 8 heteroatoms. The minimum atomic E-state index is -0.554. The third kappa shape index (κ3) is 6.27. The Morgan fingerprint density at radius 3 is 2.83 bits per heavy atom. The molecule has 0 amide bonds. The van der Waals surface area contributed by atoms with E-state index in [0.717, 1.165) is 44.7 Å². The van der Waals surface area contributed by atoms with Gasteiger partial charge in [-0.2, -0.15) is 0 Å². The Bertz CT molecular complexity index is 700. The molecule has 2 heterocycles. The molecule has 0 saturated carbocycles. The number of benzene rings is 1. The number of morpholine rings is 1. The third-order valence-corrected chi connectivity index (χ3v) is 5.35. The minimum absolute atomic E-state index is 0.134. The molecule has 1 aromatic carbocycles. The van der Waals surface area contributed by atoms with Gasteiger partial charge in [-0.1, -0.05) is 13.8 Å². The van der Waals surface area contributed by atoms with E-state index >= 15 is 0 Å². The smallest absolute Gasteiger partial charge is 0.191 e. The number of anilines is 1. The molecule has 0 spiro atoms. The van der Waals surface area contributed by atoms with E-state index in [-0.39, 0.29) is 12.1 Å². The van der Waals surface area contributed by atoms with Crippen LogP contribution in [-0.2, 0) is 4.74 Å². The van der Waals surface area contributed by atoms with Crippen LogP contribution in [0.4, 0.5) is 14.5 Å². The molecule has 3 rings (SSSR count). The number of halogens is 2. The average molecular weight is 410 g/mol. The fourth-order valence-electron chi connectivity index (χ4n) is 4.02. The fourth-order valence-corrected chi connectivity index (χ4v) is 4.02. The lowest BCUT2D eigenvalue weighted by atomic mass is 10.2. The summed E-state index contributed by atoms with van der Waals surface area (Å²) in [7, 11) is 1.74. The molecule has 0 radical (unpaired) electrons. The monoisotopic (exact) mass is 409 g/mol. The summed E-state index contributed by atoms with van der Waals surface area (Å²) in [4.78, 5) is 8.70. The van der Waals surface area contributed by atoms with Crippen molar-refractivity contribution < 1.29 is 13.5 Å². The topological polar surface area (TPSA) is 52.1 Å². The van der Waals surface area contributed by atoms with Gasteiger partial charge in [0.1, 0.15) is 11.6 Å². The number of nitrogens with zero attached hydrogens (tertiary/aromatic N) is 3. The standard InChI is InChI=1S/C21H33F2N5O/c1-15(2)12-27-8-9-29-18(14-27)11-25-21(24-3)26-17-6-7-28(13-17)20-5-4-16(22)10-19(20)23/h4-5,10,15,17-18H,6-9,11-14H2,1-3H3,(H2,24,25,26). The van der Waals surface area contributed by atoms with E-state index in [0.29, 0.717) is 31.2 Å². The maximum Gasteiger partial charge on any atom is 0.191 e. The Balaban J connectivity index is 1.46. The van der Waals surface area contributed by atoms with Crippen LogP contribution < -0.4 is 15.5 Å². The van der Waals surface area contributed by atoms with Crippen LogP contribution in [-0.4, -0.2) is 75.9 Å². The molecule has 29 heavy (non-hydrogen) atoms. The van der Waals surface area contributed by atoms with Gasteiger partial charge in [-0.25, -0.2) is 8.78 Å². The first-order chi connectivity index (χ1) is 13.9. The van der Waals surface area contributed by atoms with Crippen molar-refractivity contribution in [2.24, 2.45) is 10.9 Å². The number of hydrogen-bond acceptors (Lipinski definition) is 4. The van der Waals surface area contributed by atoms with Crippen LogP contribution in [0.1, 0.15) is 20.3 Å². The quantitative estimate of drug-likeness (QED) is 0.557. The molecule has 2 saturated heterocycles. The molecule has 2 N–H and O–H groups in total. The van der Waals surface area contributed by atoms with E-state index in [1.54, 1.807) is 7.05 Å². The number of rotatable bonds is 6. The second kappa shape index (κ2) is 10.2.